The summed E-state index contributed by atoms with van der Waals surface area (Å²) in [5.74, 6) is -0.900. The number of aromatic nitrogens is 1. The molecule has 0 radical (unpaired) electrons. The van der Waals surface area contributed by atoms with Crippen LogP contribution in [0.25, 0.3) is 0 Å². The van der Waals surface area contributed by atoms with E-state index in [0.717, 1.165) is 12.1 Å². The summed E-state index contributed by atoms with van der Waals surface area (Å²) in [7, 11) is -4.24. The Morgan fingerprint density at radius 3 is 2.23 bits per heavy atom. The molecule has 0 aliphatic carbocycles. The van der Waals surface area contributed by atoms with Crippen molar-refractivity contribution in [3.05, 3.63) is 94.1 Å². The lowest BCUT2D eigenvalue weighted by atomic mass is 9.86. The van der Waals surface area contributed by atoms with Gasteiger partial charge in [0.25, 0.3) is 5.91 Å². The molecule has 9 nitrogen and oxygen atoms in total. The normalized spacial score (nSPS) is 13.5. The van der Waals surface area contributed by atoms with Gasteiger partial charge in [0.05, 0.1) is 37.0 Å². The van der Waals surface area contributed by atoms with Crippen LogP contribution in [0.2, 0.25) is 5.02 Å². The molecular weight excluding hydrogens is 622 g/mol. The fourth-order valence-corrected chi connectivity index (χ4v) is 5.76. The summed E-state index contributed by atoms with van der Waals surface area (Å²) >= 11 is 6.10. The van der Waals surface area contributed by atoms with E-state index in [1.807, 2.05) is 0 Å². The van der Waals surface area contributed by atoms with Crippen molar-refractivity contribution in [2.45, 2.75) is 51.5 Å². The first-order chi connectivity index (χ1) is 20.6. The first kappa shape index (κ1) is 35.0. The first-order valence-corrected chi connectivity index (χ1v) is 15.3. The van der Waals surface area contributed by atoms with Crippen LogP contribution in [0, 0.1) is 11.3 Å². The Morgan fingerprint density at radius 1 is 1.02 bits per heavy atom. The predicted molar refractivity (Wildman–Crippen MR) is 157 cm³/mol. The molecule has 0 fully saturated rings. The molecule has 0 aliphatic rings. The molecule has 0 bridgehead atoms. The van der Waals surface area contributed by atoms with Gasteiger partial charge in [-0.2, -0.15) is 18.4 Å². The maximum Gasteiger partial charge on any atom is 0.475 e. The van der Waals surface area contributed by atoms with E-state index in [0.29, 0.717) is 22.3 Å². The van der Waals surface area contributed by atoms with Crippen molar-refractivity contribution < 1.29 is 40.8 Å². The summed E-state index contributed by atoms with van der Waals surface area (Å²) in [5.41, 5.74) is -2.89. The van der Waals surface area contributed by atoms with Crippen LogP contribution in [-0.4, -0.2) is 36.3 Å². The molecule has 14 heteroatoms. The number of pyridine rings is 1. The van der Waals surface area contributed by atoms with Crippen molar-refractivity contribution >= 4 is 25.3 Å². The monoisotopic (exact) mass is 653 g/mol. The highest BCUT2D eigenvalue weighted by molar-refractivity contribution is 7.48. The minimum atomic E-state index is -4.59. The van der Waals surface area contributed by atoms with Crippen molar-refractivity contribution in [3.8, 4) is 11.9 Å². The summed E-state index contributed by atoms with van der Waals surface area (Å²) in [4.78, 5) is 17.2. The number of nitriles is 1. The van der Waals surface area contributed by atoms with E-state index >= 15 is 0 Å². The van der Waals surface area contributed by atoms with Crippen LogP contribution in [0.15, 0.2) is 66.9 Å². The maximum absolute atomic E-state index is 13.8. The van der Waals surface area contributed by atoms with Crippen LogP contribution in [0.5, 0.6) is 5.88 Å². The van der Waals surface area contributed by atoms with Crippen molar-refractivity contribution in [2.75, 3.05) is 19.8 Å². The number of alkyl halides is 3. The largest absolute Gasteiger partial charge is 0.475 e. The van der Waals surface area contributed by atoms with E-state index in [1.54, 1.807) is 56.3 Å². The van der Waals surface area contributed by atoms with E-state index in [-0.39, 0.29) is 37.6 Å². The molecule has 1 atom stereocenters. The second kappa shape index (κ2) is 14.5. The number of nitrogens with zero attached hydrogens (tertiary/aromatic N) is 2. The van der Waals surface area contributed by atoms with Gasteiger partial charge >= 0.3 is 14.0 Å². The third-order valence-corrected chi connectivity index (χ3v) is 8.26. The van der Waals surface area contributed by atoms with Gasteiger partial charge < -0.3 is 10.1 Å². The highest BCUT2D eigenvalue weighted by atomic mass is 35.5. The molecular formula is C30H32ClF3N3O6P. The zero-order chi connectivity index (χ0) is 32.6. The molecule has 236 valence electrons. The number of amides is 1. The zero-order valence-corrected chi connectivity index (χ0v) is 26.1. The third kappa shape index (κ3) is 9.27. The van der Waals surface area contributed by atoms with Gasteiger partial charge in [-0.3, -0.25) is 18.4 Å². The number of phosphoric ester groups is 1. The Bertz CT molecular complexity index is 1500. The highest BCUT2D eigenvalue weighted by Crippen LogP contribution is 2.55. The minimum absolute atomic E-state index is 0.0140. The standard InChI is InChI=1S/C30H32ClF3N3O6P/c1-5-40-44(39,41-6-2)43-29(17-21-10-13-25(31)14-11-21,23-9-7-8-22(16-23)18-35)20-37-27(38)28(3,4)42-26-15-12-24(19-36-26)30(32,33)34/h7-16,19H,5-6,17,20H2,1-4H3,(H,37,38). The smallest absolute Gasteiger partial charge is 0.462 e. The number of phosphoric acid groups is 1. The molecule has 0 saturated carbocycles. The summed E-state index contributed by atoms with van der Waals surface area (Å²) < 4.78 is 75.5. The molecule has 1 N–H and O–H groups in total. The average molecular weight is 654 g/mol. The third-order valence-electron chi connectivity index (χ3n) is 6.29. The number of ether oxygens (including phenoxy) is 1. The molecule has 2 aromatic carbocycles. The average Bonchev–Trinajstić information content (AvgIpc) is 2.96. The van der Waals surface area contributed by atoms with Crippen molar-refractivity contribution in [2.24, 2.45) is 0 Å². The van der Waals surface area contributed by atoms with E-state index in [2.05, 4.69) is 16.4 Å². The molecule has 0 aliphatic heterocycles. The second-order valence-corrected chi connectivity index (χ2v) is 12.1. The van der Waals surface area contributed by atoms with Gasteiger partial charge in [0, 0.05) is 23.7 Å². The highest BCUT2D eigenvalue weighted by Gasteiger charge is 2.44. The first-order valence-electron chi connectivity index (χ1n) is 13.5. The zero-order valence-electron chi connectivity index (χ0n) is 24.5. The molecule has 3 rings (SSSR count). The lowest BCUT2D eigenvalue weighted by Gasteiger charge is -2.37. The maximum atomic E-state index is 13.8. The molecule has 1 unspecified atom stereocenters. The van der Waals surface area contributed by atoms with Gasteiger partial charge in [0.2, 0.25) is 5.88 Å². The Morgan fingerprint density at radius 2 is 1.68 bits per heavy atom. The fraction of sp³-hybridized carbons (Fsp3) is 0.367. The number of benzene rings is 2. The van der Waals surface area contributed by atoms with E-state index in [1.165, 1.54) is 19.9 Å². The van der Waals surface area contributed by atoms with Crippen LogP contribution >= 0.6 is 19.4 Å². The van der Waals surface area contributed by atoms with Gasteiger partial charge in [-0.05, 0) is 69.2 Å². The molecule has 1 amide bonds. The van der Waals surface area contributed by atoms with Gasteiger partial charge in [-0.25, -0.2) is 9.55 Å². The Labute approximate surface area is 258 Å². The van der Waals surface area contributed by atoms with Gasteiger partial charge in [0.1, 0.15) is 5.60 Å². The van der Waals surface area contributed by atoms with Crippen molar-refractivity contribution in [3.63, 3.8) is 0 Å². The molecule has 3 aromatic rings. The van der Waals surface area contributed by atoms with Crippen LogP contribution in [0.4, 0.5) is 13.2 Å². The molecule has 1 aromatic heterocycles. The van der Waals surface area contributed by atoms with Gasteiger partial charge in [-0.15, -0.1) is 0 Å². The summed E-state index contributed by atoms with van der Waals surface area (Å²) in [6, 6.07) is 17.0. The Balaban J connectivity index is 2.03. The number of rotatable bonds is 14. The van der Waals surface area contributed by atoms with E-state index in [4.69, 9.17) is 29.9 Å². The Kier molecular flexibility index (Phi) is 11.6. The lowest BCUT2D eigenvalue weighted by molar-refractivity contribution is -0.138. The SMILES string of the molecule is CCOP(=O)(OCC)OC(CNC(=O)C(C)(C)Oc1ccc(C(F)(F)F)cn1)(Cc1ccc(Cl)cc1)c1cccc(C#N)c1. The summed E-state index contributed by atoms with van der Waals surface area (Å²) in [6.45, 7) is 5.70. The van der Waals surface area contributed by atoms with E-state index < -0.39 is 36.7 Å². The molecule has 1 heterocycles. The van der Waals surface area contributed by atoms with E-state index in [9.17, 15) is 27.8 Å². The molecule has 0 spiro atoms. The van der Waals surface area contributed by atoms with Crippen LogP contribution < -0.4 is 10.1 Å². The summed E-state index contributed by atoms with van der Waals surface area (Å²) in [6.07, 6.45) is -3.96. The van der Waals surface area contributed by atoms with Crippen LogP contribution in [0.1, 0.15) is 49.9 Å². The Hall–Kier alpha value is -3.46. The van der Waals surface area contributed by atoms with Crippen LogP contribution in [0.3, 0.4) is 0 Å². The number of nitrogens with one attached hydrogen (secondary N) is 1. The number of hydrogen-bond acceptors (Lipinski definition) is 8. The predicted octanol–water partition coefficient (Wildman–Crippen LogP) is 7.23. The topological polar surface area (TPSA) is 120 Å². The van der Waals surface area contributed by atoms with Crippen molar-refractivity contribution in [1.29, 1.82) is 5.26 Å². The number of halogens is 4. The molecule has 44 heavy (non-hydrogen) atoms. The number of carbonyl (C=O) groups excluding carboxylic acids is 1. The lowest BCUT2D eigenvalue weighted by Crippen LogP contribution is -2.52. The number of hydrogen-bond donors (Lipinski definition) is 1. The fourth-order valence-electron chi connectivity index (χ4n) is 4.16. The number of carbonyl (C=O) groups is 1. The quantitative estimate of drug-likeness (QED) is 0.181. The minimum Gasteiger partial charge on any atom is -0.462 e. The van der Waals surface area contributed by atoms with Gasteiger partial charge in [-0.1, -0.05) is 35.9 Å². The molecule has 0 saturated heterocycles. The van der Waals surface area contributed by atoms with Crippen LogP contribution in [-0.2, 0) is 41.1 Å². The van der Waals surface area contributed by atoms with Gasteiger partial charge in [0.15, 0.2) is 5.60 Å². The second-order valence-electron chi connectivity index (χ2n) is 10.0. The van der Waals surface area contributed by atoms with Crippen molar-refractivity contribution in [1.82, 2.24) is 10.3 Å². The summed E-state index contributed by atoms with van der Waals surface area (Å²) in [5, 5.41) is 12.8.